The largest absolute Gasteiger partial charge is 0.294 e. The number of hydrogen-bond donors (Lipinski definition) is 0. The fraction of sp³-hybridized carbons (Fsp3) is 0.250. The Morgan fingerprint density at radius 1 is 1.24 bits per heavy atom. The van der Waals surface area contributed by atoms with Crippen LogP contribution >= 0.6 is 0 Å². The quantitative estimate of drug-likeness (QED) is 0.800. The molecule has 1 aromatic heterocycles. The standard InChI is InChI=1S/C16H14N4O/c21-16(14-9-17-7-8-18-14)20-10-12-6-5-11-3-1-2-4-13(11)15(12)19-20/h1-4,7-9,12H,5-6,10H2. The summed E-state index contributed by atoms with van der Waals surface area (Å²) in [6.07, 6.45) is 6.66. The van der Waals surface area contributed by atoms with Gasteiger partial charge in [0.05, 0.1) is 18.5 Å². The molecule has 0 saturated heterocycles. The highest BCUT2D eigenvalue weighted by molar-refractivity contribution is 6.07. The molecule has 1 aromatic carbocycles. The highest BCUT2D eigenvalue weighted by Crippen LogP contribution is 2.31. The molecule has 0 fully saturated rings. The Morgan fingerprint density at radius 3 is 3.00 bits per heavy atom. The van der Waals surface area contributed by atoms with Crippen molar-refractivity contribution < 1.29 is 4.79 Å². The molecule has 1 amide bonds. The van der Waals surface area contributed by atoms with Gasteiger partial charge < -0.3 is 0 Å². The molecule has 5 heteroatoms. The van der Waals surface area contributed by atoms with Gasteiger partial charge in [0, 0.05) is 23.9 Å². The molecule has 1 aliphatic heterocycles. The van der Waals surface area contributed by atoms with Crippen LogP contribution in [0.3, 0.4) is 0 Å². The minimum atomic E-state index is -0.178. The number of rotatable bonds is 1. The molecule has 2 aliphatic rings. The Labute approximate surface area is 122 Å². The van der Waals surface area contributed by atoms with Crippen molar-refractivity contribution in [3.8, 4) is 0 Å². The molecular formula is C16H14N4O. The zero-order chi connectivity index (χ0) is 14.2. The number of aryl methyl sites for hydroxylation is 1. The number of hydrazone groups is 1. The van der Waals surface area contributed by atoms with Crippen molar-refractivity contribution in [2.24, 2.45) is 11.0 Å². The van der Waals surface area contributed by atoms with Crippen LogP contribution in [-0.2, 0) is 6.42 Å². The van der Waals surface area contributed by atoms with Gasteiger partial charge in [0.25, 0.3) is 5.91 Å². The van der Waals surface area contributed by atoms with Crippen molar-refractivity contribution in [2.45, 2.75) is 12.8 Å². The fourth-order valence-electron chi connectivity index (χ4n) is 3.04. The molecule has 0 spiro atoms. The number of carbonyl (C=O) groups excluding carboxylic acids is 1. The number of benzene rings is 1. The Morgan fingerprint density at radius 2 is 2.14 bits per heavy atom. The lowest BCUT2D eigenvalue weighted by Gasteiger charge is -2.21. The average molecular weight is 278 g/mol. The monoisotopic (exact) mass is 278 g/mol. The van der Waals surface area contributed by atoms with Crippen LogP contribution < -0.4 is 0 Å². The van der Waals surface area contributed by atoms with E-state index in [2.05, 4.69) is 33.3 Å². The first kappa shape index (κ1) is 12.2. The number of aromatic nitrogens is 2. The molecule has 104 valence electrons. The van der Waals surface area contributed by atoms with Crippen molar-refractivity contribution >= 4 is 11.6 Å². The molecule has 0 radical (unpaired) electrons. The molecule has 0 saturated carbocycles. The second-order valence-electron chi connectivity index (χ2n) is 5.36. The molecular weight excluding hydrogens is 264 g/mol. The summed E-state index contributed by atoms with van der Waals surface area (Å²) < 4.78 is 0. The Hall–Kier alpha value is -2.56. The van der Waals surface area contributed by atoms with Crippen LogP contribution in [0.4, 0.5) is 0 Å². The molecule has 4 rings (SSSR count). The van der Waals surface area contributed by atoms with E-state index in [9.17, 15) is 4.79 Å². The molecule has 1 unspecified atom stereocenters. The third-order valence-corrected chi connectivity index (χ3v) is 4.08. The van der Waals surface area contributed by atoms with E-state index in [1.54, 1.807) is 6.20 Å². The maximum Gasteiger partial charge on any atom is 0.294 e. The Bertz CT molecular complexity index is 726. The highest BCUT2D eigenvalue weighted by Gasteiger charge is 2.35. The number of fused-ring (bicyclic) bond motifs is 3. The smallest absolute Gasteiger partial charge is 0.265 e. The topological polar surface area (TPSA) is 58.5 Å². The molecule has 5 nitrogen and oxygen atoms in total. The summed E-state index contributed by atoms with van der Waals surface area (Å²) in [6, 6.07) is 8.31. The van der Waals surface area contributed by atoms with E-state index in [4.69, 9.17) is 0 Å². The summed E-state index contributed by atoms with van der Waals surface area (Å²) in [6.45, 7) is 0.638. The highest BCUT2D eigenvalue weighted by atomic mass is 16.2. The van der Waals surface area contributed by atoms with Crippen molar-refractivity contribution in [3.05, 3.63) is 59.7 Å². The van der Waals surface area contributed by atoms with Gasteiger partial charge >= 0.3 is 0 Å². The first-order valence-corrected chi connectivity index (χ1v) is 7.07. The fourth-order valence-corrected chi connectivity index (χ4v) is 3.04. The van der Waals surface area contributed by atoms with E-state index in [-0.39, 0.29) is 5.91 Å². The minimum Gasteiger partial charge on any atom is -0.265 e. The lowest BCUT2D eigenvalue weighted by Crippen LogP contribution is -2.28. The number of carbonyl (C=O) groups is 1. The van der Waals surface area contributed by atoms with Gasteiger partial charge in [-0.2, -0.15) is 5.10 Å². The second-order valence-corrected chi connectivity index (χ2v) is 5.36. The van der Waals surface area contributed by atoms with Crippen molar-refractivity contribution in [1.82, 2.24) is 15.0 Å². The van der Waals surface area contributed by atoms with Crippen LogP contribution in [0, 0.1) is 5.92 Å². The lowest BCUT2D eigenvalue weighted by atomic mass is 9.83. The number of hydrogen-bond acceptors (Lipinski definition) is 4. The van der Waals surface area contributed by atoms with Crippen molar-refractivity contribution in [1.29, 1.82) is 0 Å². The maximum atomic E-state index is 12.4. The third-order valence-electron chi connectivity index (χ3n) is 4.08. The van der Waals surface area contributed by atoms with E-state index in [1.165, 1.54) is 28.5 Å². The molecule has 2 aromatic rings. The summed E-state index contributed by atoms with van der Waals surface area (Å²) in [7, 11) is 0. The van der Waals surface area contributed by atoms with Crippen molar-refractivity contribution in [3.63, 3.8) is 0 Å². The molecule has 2 heterocycles. The lowest BCUT2D eigenvalue weighted by molar-refractivity contribution is 0.0760. The van der Waals surface area contributed by atoms with Crippen LogP contribution in [-0.4, -0.2) is 33.1 Å². The Balaban J connectivity index is 1.68. The van der Waals surface area contributed by atoms with Crippen LogP contribution in [0.15, 0.2) is 48.0 Å². The SMILES string of the molecule is O=C(c1cnccn1)N1CC2CCc3ccccc3C2=N1. The summed E-state index contributed by atoms with van der Waals surface area (Å²) >= 11 is 0. The van der Waals surface area contributed by atoms with E-state index in [1.807, 2.05) is 6.07 Å². The normalized spacial score (nSPS) is 19.7. The molecule has 1 aliphatic carbocycles. The van der Waals surface area contributed by atoms with Gasteiger partial charge in [-0.05, 0) is 18.4 Å². The van der Waals surface area contributed by atoms with Gasteiger partial charge in [-0.1, -0.05) is 24.3 Å². The van der Waals surface area contributed by atoms with E-state index in [0.717, 1.165) is 18.6 Å². The predicted molar refractivity (Wildman–Crippen MR) is 77.9 cm³/mol. The second kappa shape index (κ2) is 4.77. The van der Waals surface area contributed by atoms with E-state index in [0.29, 0.717) is 18.2 Å². The van der Waals surface area contributed by atoms with Crippen molar-refractivity contribution in [2.75, 3.05) is 6.54 Å². The first-order chi connectivity index (χ1) is 10.3. The minimum absolute atomic E-state index is 0.178. The summed E-state index contributed by atoms with van der Waals surface area (Å²) in [5.41, 5.74) is 3.88. The summed E-state index contributed by atoms with van der Waals surface area (Å²) in [5.74, 6) is 0.156. The summed E-state index contributed by atoms with van der Waals surface area (Å²) in [4.78, 5) is 20.4. The van der Waals surface area contributed by atoms with E-state index < -0.39 is 0 Å². The number of amides is 1. The van der Waals surface area contributed by atoms with Gasteiger partial charge in [0.15, 0.2) is 0 Å². The van der Waals surface area contributed by atoms with Gasteiger partial charge in [0.2, 0.25) is 0 Å². The third kappa shape index (κ3) is 2.01. The van der Waals surface area contributed by atoms with Crippen LogP contribution in [0.1, 0.15) is 28.0 Å². The van der Waals surface area contributed by atoms with Crippen LogP contribution in [0.2, 0.25) is 0 Å². The van der Waals surface area contributed by atoms with Gasteiger partial charge in [-0.15, -0.1) is 0 Å². The van der Waals surface area contributed by atoms with E-state index >= 15 is 0 Å². The molecule has 21 heavy (non-hydrogen) atoms. The van der Waals surface area contributed by atoms with Crippen LogP contribution in [0.5, 0.6) is 0 Å². The van der Waals surface area contributed by atoms with Crippen LogP contribution in [0.25, 0.3) is 0 Å². The molecule has 0 bridgehead atoms. The Kier molecular flexibility index (Phi) is 2.77. The summed E-state index contributed by atoms with van der Waals surface area (Å²) in [5, 5.41) is 6.09. The zero-order valence-electron chi connectivity index (χ0n) is 11.4. The van der Waals surface area contributed by atoms with Gasteiger partial charge in [-0.3, -0.25) is 9.78 Å². The van der Waals surface area contributed by atoms with Gasteiger partial charge in [0.1, 0.15) is 5.69 Å². The molecule has 0 N–H and O–H groups in total. The maximum absolute atomic E-state index is 12.4. The predicted octanol–water partition coefficient (Wildman–Crippen LogP) is 1.90. The zero-order valence-corrected chi connectivity index (χ0v) is 11.4. The number of nitrogens with zero attached hydrogens (tertiary/aromatic N) is 4. The molecule has 1 atom stereocenters. The van der Waals surface area contributed by atoms with Gasteiger partial charge in [-0.25, -0.2) is 9.99 Å². The first-order valence-electron chi connectivity index (χ1n) is 7.07. The average Bonchev–Trinajstić information content (AvgIpc) is 2.99.